The van der Waals surface area contributed by atoms with Gasteiger partial charge >= 0.3 is 11.8 Å². The fraction of sp³-hybridized carbons (Fsp3) is 0.0526. The molecule has 1 N–H and O–H groups in total. The molecular weight excluding hydrogens is 316 g/mol. The molecule has 25 heavy (non-hydrogen) atoms. The van der Waals surface area contributed by atoms with E-state index in [-0.39, 0.29) is 11.5 Å². The molecule has 0 saturated heterocycles. The Kier molecular flexibility index (Phi) is 4.03. The highest BCUT2D eigenvalue weighted by atomic mass is 16.4. The van der Waals surface area contributed by atoms with Gasteiger partial charge in [-0.1, -0.05) is 49.0 Å². The molecule has 0 bridgehead atoms. The van der Waals surface area contributed by atoms with Gasteiger partial charge in [-0.05, 0) is 27.9 Å². The van der Waals surface area contributed by atoms with Crippen molar-refractivity contribution >= 4 is 11.8 Å². The van der Waals surface area contributed by atoms with Crippen LogP contribution in [0.4, 0.5) is 5.82 Å². The van der Waals surface area contributed by atoms with Crippen LogP contribution < -0.4 is 0 Å². The maximum absolute atomic E-state index is 11.5. The number of carboxylic acids is 1. The Balaban J connectivity index is 2.13. The van der Waals surface area contributed by atoms with E-state index in [2.05, 4.69) is 16.0 Å². The van der Waals surface area contributed by atoms with Gasteiger partial charge < -0.3 is 9.95 Å². The van der Waals surface area contributed by atoms with Crippen LogP contribution in [0.3, 0.4) is 0 Å². The summed E-state index contributed by atoms with van der Waals surface area (Å²) in [6.07, 6.45) is 0. The predicted octanol–water partition coefficient (Wildman–Crippen LogP) is 3.87. The van der Waals surface area contributed by atoms with E-state index in [4.69, 9.17) is 6.57 Å². The van der Waals surface area contributed by atoms with Crippen molar-refractivity contribution in [3.8, 4) is 28.3 Å². The van der Waals surface area contributed by atoms with Crippen LogP contribution in [-0.2, 0) is 7.05 Å². The van der Waals surface area contributed by atoms with Crippen LogP contribution in [-0.4, -0.2) is 20.9 Å². The van der Waals surface area contributed by atoms with Gasteiger partial charge in [-0.25, -0.2) is 4.79 Å². The van der Waals surface area contributed by atoms with Gasteiger partial charge in [-0.3, -0.25) is 0 Å². The lowest BCUT2D eigenvalue weighted by Gasteiger charge is -2.07. The molecule has 3 aromatic rings. The Hall–Kier alpha value is -3.90. The second-order valence-corrected chi connectivity index (χ2v) is 5.32. The van der Waals surface area contributed by atoms with Crippen LogP contribution in [0.5, 0.6) is 0 Å². The van der Waals surface area contributed by atoms with E-state index in [0.29, 0.717) is 16.7 Å². The van der Waals surface area contributed by atoms with Crippen molar-refractivity contribution in [3.05, 3.63) is 71.2 Å². The normalized spacial score (nSPS) is 10.0. The molecule has 0 unspecified atom stereocenters. The summed E-state index contributed by atoms with van der Waals surface area (Å²) >= 11 is 0. The SMILES string of the molecule is [C-]#[N+]c1nn(C)c(C(=O)O)c1-c1ccc(-c2ccccc2C#N)cc1. The maximum atomic E-state index is 11.5. The summed E-state index contributed by atoms with van der Waals surface area (Å²) in [5.74, 6) is -1.09. The standard InChI is InChI=1S/C19H12N4O2/c1-21-18-16(17(19(24)25)23(2)22-18)13-9-7-12(8-10-13)15-6-4-3-5-14(15)11-20/h3-10H,2H3,(H,24,25). The van der Waals surface area contributed by atoms with Crippen molar-refractivity contribution in [1.29, 1.82) is 5.26 Å². The van der Waals surface area contributed by atoms with Gasteiger partial charge in [0.05, 0.1) is 18.7 Å². The van der Waals surface area contributed by atoms with E-state index in [1.54, 1.807) is 36.4 Å². The first-order chi connectivity index (χ1) is 12.1. The van der Waals surface area contributed by atoms with Crippen LogP contribution in [0.1, 0.15) is 16.1 Å². The fourth-order valence-corrected chi connectivity index (χ4v) is 2.75. The van der Waals surface area contributed by atoms with Crippen molar-refractivity contribution in [3.63, 3.8) is 0 Å². The largest absolute Gasteiger partial charge is 0.476 e. The number of aromatic nitrogens is 2. The third kappa shape index (κ3) is 2.73. The van der Waals surface area contributed by atoms with Crippen molar-refractivity contribution < 1.29 is 9.90 Å². The number of hydrogen-bond donors (Lipinski definition) is 1. The van der Waals surface area contributed by atoms with E-state index >= 15 is 0 Å². The lowest BCUT2D eigenvalue weighted by molar-refractivity contribution is 0.0686. The molecule has 0 atom stereocenters. The number of aryl methyl sites for hydroxylation is 1. The first kappa shape index (κ1) is 16.0. The number of nitrogens with zero attached hydrogens (tertiary/aromatic N) is 4. The number of aromatic carboxylic acids is 1. The molecule has 1 aromatic heterocycles. The summed E-state index contributed by atoms with van der Waals surface area (Å²) in [6.45, 7) is 7.23. The fourth-order valence-electron chi connectivity index (χ4n) is 2.75. The number of hydrogen-bond acceptors (Lipinski definition) is 3. The highest BCUT2D eigenvalue weighted by molar-refractivity contribution is 5.98. The zero-order valence-electron chi connectivity index (χ0n) is 13.3. The number of carboxylic acid groups (broad SMARTS) is 1. The summed E-state index contributed by atoms with van der Waals surface area (Å²) in [5.41, 5.74) is 3.05. The van der Waals surface area contributed by atoms with Gasteiger partial charge in [0.1, 0.15) is 0 Å². The third-order valence-electron chi connectivity index (χ3n) is 3.87. The molecule has 6 heteroatoms. The van der Waals surface area contributed by atoms with Gasteiger partial charge in [-0.15, -0.1) is 0 Å². The number of benzene rings is 2. The zero-order chi connectivity index (χ0) is 18.0. The molecule has 0 aliphatic carbocycles. The van der Waals surface area contributed by atoms with E-state index < -0.39 is 5.97 Å². The minimum Gasteiger partial charge on any atom is -0.476 e. The Morgan fingerprint density at radius 3 is 2.44 bits per heavy atom. The van der Waals surface area contributed by atoms with Crippen LogP contribution in [0, 0.1) is 17.9 Å². The smallest absolute Gasteiger partial charge is 0.355 e. The number of carbonyl (C=O) groups is 1. The minimum atomic E-state index is -1.14. The van der Waals surface area contributed by atoms with E-state index in [0.717, 1.165) is 11.1 Å². The topological polar surface area (TPSA) is 83.3 Å². The predicted molar refractivity (Wildman–Crippen MR) is 92.0 cm³/mol. The Bertz CT molecular complexity index is 1050. The molecule has 6 nitrogen and oxygen atoms in total. The Morgan fingerprint density at radius 1 is 1.20 bits per heavy atom. The summed E-state index contributed by atoms with van der Waals surface area (Å²) in [7, 11) is 1.50. The molecule has 0 radical (unpaired) electrons. The van der Waals surface area contributed by atoms with Gasteiger partial charge in [-0.2, -0.15) is 9.94 Å². The highest BCUT2D eigenvalue weighted by Gasteiger charge is 2.24. The molecule has 0 saturated carbocycles. The van der Waals surface area contributed by atoms with Crippen molar-refractivity contribution in [2.45, 2.75) is 0 Å². The molecule has 120 valence electrons. The Labute approximate surface area is 144 Å². The summed E-state index contributed by atoms with van der Waals surface area (Å²) in [6, 6.07) is 16.5. The Morgan fingerprint density at radius 2 is 1.84 bits per heavy atom. The lowest BCUT2D eigenvalue weighted by Crippen LogP contribution is -2.06. The zero-order valence-corrected chi connectivity index (χ0v) is 13.3. The van der Waals surface area contributed by atoms with Crippen molar-refractivity contribution in [1.82, 2.24) is 9.78 Å². The van der Waals surface area contributed by atoms with E-state index in [1.165, 1.54) is 11.7 Å². The molecule has 0 spiro atoms. The molecular formula is C19H12N4O2. The first-order valence-corrected chi connectivity index (χ1v) is 7.34. The summed E-state index contributed by atoms with van der Waals surface area (Å²) < 4.78 is 1.20. The first-order valence-electron chi connectivity index (χ1n) is 7.34. The monoisotopic (exact) mass is 328 g/mol. The third-order valence-corrected chi connectivity index (χ3v) is 3.87. The van der Waals surface area contributed by atoms with Gasteiger partial charge in [0.25, 0.3) is 0 Å². The van der Waals surface area contributed by atoms with Crippen molar-refractivity contribution in [2.75, 3.05) is 0 Å². The molecule has 0 amide bonds. The van der Waals surface area contributed by atoms with E-state index in [9.17, 15) is 15.2 Å². The van der Waals surface area contributed by atoms with Gasteiger partial charge in [0, 0.05) is 5.56 Å². The highest BCUT2D eigenvalue weighted by Crippen LogP contribution is 2.34. The second-order valence-electron chi connectivity index (χ2n) is 5.32. The molecule has 3 rings (SSSR count). The van der Waals surface area contributed by atoms with Gasteiger partial charge in [0.15, 0.2) is 5.69 Å². The van der Waals surface area contributed by atoms with Crippen LogP contribution in [0.2, 0.25) is 0 Å². The van der Waals surface area contributed by atoms with Crippen LogP contribution >= 0.6 is 0 Å². The molecule has 0 aliphatic rings. The van der Waals surface area contributed by atoms with Crippen LogP contribution in [0.15, 0.2) is 48.5 Å². The molecule has 1 heterocycles. The average molecular weight is 328 g/mol. The number of nitriles is 1. The maximum Gasteiger partial charge on any atom is 0.355 e. The second kappa shape index (κ2) is 6.31. The molecule has 2 aromatic carbocycles. The average Bonchev–Trinajstić information content (AvgIpc) is 2.98. The minimum absolute atomic E-state index is 0.0313. The van der Waals surface area contributed by atoms with E-state index in [1.807, 2.05) is 12.1 Å². The molecule has 0 fully saturated rings. The van der Waals surface area contributed by atoms with Crippen LogP contribution in [0.25, 0.3) is 27.1 Å². The summed E-state index contributed by atoms with van der Waals surface area (Å²) in [5, 5.41) is 22.6. The van der Waals surface area contributed by atoms with Gasteiger partial charge in [0.2, 0.25) is 0 Å². The number of rotatable bonds is 3. The van der Waals surface area contributed by atoms with Crippen molar-refractivity contribution in [2.24, 2.45) is 7.05 Å². The molecule has 0 aliphatic heterocycles. The lowest BCUT2D eigenvalue weighted by atomic mass is 9.97. The quantitative estimate of drug-likeness (QED) is 0.740. The summed E-state index contributed by atoms with van der Waals surface area (Å²) in [4.78, 5) is 14.8.